The number of hydrogen-bond acceptors (Lipinski definition) is 3. The largest absolute Gasteiger partial charge is 0.492 e. The van der Waals surface area contributed by atoms with Crippen LogP contribution in [-0.2, 0) is 0 Å². The van der Waals surface area contributed by atoms with Crippen molar-refractivity contribution in [1.82, 2.24) is 15.5 Å². The zero-order valence-electron chi connectivity index (χ0n) is 11.7. The standard InChI is InChI=1S/C16H14ClN3O2/c17-11-3-1-4-12(9-11)22-8-7-18-16(21)13-5-2-6-15-14(13)10-19-20-15/h1-6,9-10H,7-8H2,(H,18,21)(H,19,20). The van der Waals surface area contributed by atoms with E-state index in [2.05, 4.69) is 15.5 Å². The summed E-state index contributed by atoms with van der Waals surface area (Å²) >= 11 is 5.87. The number of ether oxygens (including phenoxy) is 1. The summed E-state index contributed by atoms with van der Waals surface area (Å²) in [5.41, 5.74) is 1.43. The summed E-state index contributed by atoms with van der Waals surface area (Å²) in [6, 6.07) is 12.6. The number of amides is 1. The molecule has 1 aromatic heterocycles. The summed E-state index contributed by atoms with van der Waals surface area (Å²) in [6.45, 7) is 0.771. The number of nitrogens with one attached hydrogen (secondary N) is 2. The number of carbonyl (C=O) groups excluding carboxylic acids is 1. The average molecular weight is 316 g/mol. The molecule has 2 N–H and O–H groups in total. The molecule has 1 amide bonds. The molecule has 0 spiro atoms. The van der Waals surface area contributed by atoms with Crippen LogP contribution in [0.5, 0.6) is 5.75 Å². The molecule has 0 aliphatic carbocycles. The van der Waals surface area contributed by atoms with Gasteiger partial charge in [0.25, 0.3) is 5.91 Å². The Bertz CT molecular complexity index is 801. The molecule has 22 heavy (non-hydrogen) atoms. The molecule has 6 heteroatoms. The molecule has 112 valence electrons. The number of rotatable bonds is 5. The lowest BCUT2D eigenvalue weighted by atomic mass is 10.1. The lowest BCUT2D eigenvalue weighted by molar-refractivity contribution is 0.0948. The summed E-state index contributed by atoms with van der Waals surface area (Å²) in [5.74, 6) is 0.528. The molecular formula is C16H14ClN3O2. The highest BCUT2D eigenvalue weighted by Crippen LogP contribution is 2.17. The number of halogens is 1. The first-order valence-corrected chi connectivity index (χ1v) is 7.20. The Labute approximate surface area is 132 Å². The predicted molar refractivity (Wildman–Crippen MR) is 85.4 cm³/mol. The highest BCUT2D eigenvalue weighted by molar-refractivity contribution is 6.30. The molecule has 0 fully saturated rings. The van der Waals surface area contributed by atoms with E-state index in [1.54, 1.807) is 24.4 Å². The van der Waals surface area contributed by atoms with E-state index < -0.39 is 0 Å². The first-order chi connectivity index (χ1) is 10.7. The van der Waals surface area contributed by atoms with Crippen LogP contribution in [0, 0.1) is 0 Å². The Kier molecular flexibility index (Phi) is 4.25. The Morgan fingerprint density at radius 2 is 2.14 bits per heavy atom. The zero-order valence-corrected chi connectivity index (χ0v) is 12.4. The van der Waals surface area contributed by atoms with Crippen LogP contribution in [0.3, 0.4) is 0 Å². The number of benzene rings is 2. The van der Waals surface area contributed by atoms with Gasteiger partial charge in [-0.15, -0.1) is 0 Å². The summed E-state index contributed by atoms with van der Waals surface area (Å²) in [4.78, 5) is 12.2. The van der Waals surface area contributed by atoms with Gasteiger partial charge >= 0.3 is 0 Å². The first-order valence-electron chi connectivity index (χ1n) is 6.83. The van der Waals surface area contributed by atoms with Gasteiger partial charge in [0.1, 0.15) is 12.4 Å². The van der Waals surface area contributed by atoms with Crippen LogP contribution in [0.15, 0.2) is 48.7 Å². The van der Waals surface area contributed by atoms with Crippen molar-refractivity contribution < 1.29 is 9.53 Å². The zero-order chi connectivity index (χ0) is 15.4. The maximum atomic E-state index is 12.2. The molecule has 3 rings (SSSR count). The third-order valence-electron chi connectivity index (χ3n) is 3.18. The van der Waals surface area contributed by atoms with E-state index in [4.69, 9.17) is 16.3 Å². The van der Waals surface area contributed by atoms with Crippen molar-refractivity contribution in [2.75, 3.05) is 13.2 Å². The second-order valence-corrected chi connectivity index (χ2v) is 5.13. The number of carbonyl (C=O) groups is 1. The molecule has 0 radical (unpaired) electrons. The van der Waals surface area contributed by atoms with E-state index in [9.17, 15) is 4.79 Å². The highest BCUT2D eigenvalue weighted by Gasteiger charge is 2.10. The van der Waals surface area contributed by atoms with Gasteiger partial charge in [0.15, 0.2) is 0 Å². The quantitative estimate of drug-likeness (QED) is 0.711. The highest BCUT2D eigenvalue weighted by atomic mass is 35.5. The van der Waals surface area contributed by atoms with Gasteiger partial charge in [-0.05, 0) is 30.3 Å². The fraction of sp³-hybridized carbons (Fsp3) is 0.125. The Morgan fingerprint density at radius 3 is 3.00 bits per heavy atom. The molecule has 1 heterocycles. The Hall–Kier alpha value is -2.53. The molecule has 0 bridgehead atoms. The topological polar surface area (TPSA) is 67.0 Å². The summed E-state index contributed by atoms with van der Waals surface area (Å²) in [7, 11) is 0. The van der Waals surface area contributed by atoms with Gasteiger partial charge in [0.2, 0.25) is 0 Å². The van der Waals surface area contributed by atoms with Crippen molar-refractivity contribution in [3.63, 3.8) is 0 Å². The van der Waals surface area contributed by atoms with E-state index in [0.717, 1.165) is 10.9 Å². The number of aromatic amines is 1. The van der Waals surface area contributed by atoms with Gasteiger partial charge in [0, 0.05) is 10.4 Å². The summed E-state index contributed by atoms with van der Waals surface area (Å²) < 4.78 is 5.53. The van der Waals surface area contributed by atoms with Crippen LogP contribution in [0.4, 0.5) is 0 Å². The monoisotopic (exact) mass is 315 g/mol. The lowest BCUT2D eigenvalue weighted by Gasteiger charge is -2.08. The van der Waals surface area contributed by atoms with Crippen molar-refractivity contribution in [3.05, 3.63) is 59.2 Å². The van der Waals surface area contributed by atoms with E-state index in [1.165, 1.54) is 0 Å². The van der Waals surface area contributed by atoms with Crippen LogP contribution >= 0.6 is 11.6 Å². The molecule has 0 aliphatic heterocycles. The minimum atomic E-state index is -0.151. The smallest absolute Gasteiger partial charge is 0.252 e. The van der Waals surface area contributed by atoms with E-state index in [1.807, 2.05) is 24.3 Å². The molecule has 0 saturated heterocycles. The van der Waals surface area contributed by atoms with E-state index >= 15 is 0 Å². The fourth-order valence-electron chi connectivity index (χ4n) is 2.15. The third-order valence-corrected chi connectivity index (χ3v) is 3.42. The minimum Gasteiger partial charge on any atom is -0.492 e. The van der Waals surface area contributed by atoms with Crippen LogP contribution in [0.1, 0.15) is 10.4 Å². The summed E-state index contributed by atoms with van der Waals surface area (Å²) in [6.07, 6.45) is 1.65. The van der Waals surface area contributed by atoms with Crippen LogP contribution < -0.4 is 10.1 Å². The van der Waals surface area contributed by atoms with E-state index in [0.29, 0.717) is 29.5 Å². The molecule has 0 atom stereocenters. The van der Waals surface area contributed by atoms with Crippen molar-refractivity contribution >= 4 is 28.4 Å². The molecular weight excluding hydrogens is 302 g/mol. The second-order valence-electron chi connectivity index (χ2n) is 4.70. The first kappa shape index (κ1) is 14.4. The second kappa shape index (κ2) is 6.49. The minimum absolute atomic E-state index is 0.151. The van der Waals surface area contributed by atoms with Crippen molar-refractivity contribution in [2.24, 2.45) is 0 Å². The van der Waals surface area contributed by atoms with Crippen molar-refractivity contribution in [3.8, 4) is 5.75 Å². The summed E-state index contributed by atoms with van der Waals surface area (Å²) in [5, 5.41) is 11.0. The lowest BCUT2D eigenvalue weighted by Crippen LogP contribution is -2.28. The van der Waals surface area contributed by atoms with Crippen LogP contribution in [0.25, 0.3) is 10.9 Å². The van der Waals surface area contributed by atoms with Gasteiger partial charge in [-0.25, -0.2) is 0 Å². The van der Waals surface area contributed by atoms with Crippen LogP contribution in [-0.4, -0.2) is 29.3 Å². The normalized spacial score (nSPS) is 10.6. The molecule has 0 saturated carbocycles. The van der Waals surface area contributed by atoms with Crippen molar-refractivity contribution in [1.29, 1.82) is 0 Å². The molecule has 0 aliphatic rings. The number of fused-ring (bicyclic) bond motifs is 1. The van der Waals surface area contributed by atoms with Gasteiger partial charge in [-0.1, -0.05) is 23.7 Å². The number of hydrogen-bond donors (Lipinski definition) is 2. The number of aromatic nitrogens is 2. The predicted octanol–water partition coefficient (Wildman–Crippen LogP) is 3.03. The van der Waals surface area contributed by atoms with Gasteiger partial charge in [-0.3, -0.25) is 9.89 Å². The van der Waals surface area contributed by atoms with Gasteiger partial charge < -0.3 is 10.1 Å². The number of H-pyrrole nitrogens is 1. The number of nitrogens with zero attached hydrogens (tertiary/aromatic N) is 1. The fourth-order valence-corrected chi connectivity index (χ4v) is 2.33. The van der Waals surface area contributed by atoms with Gasteiger partial charge in [0.05, 0.1) is 23.8 Å². The molecule has 3 aromatic rings. The molecule has 0 unspecified atom stereocenters. The van der Waals surface area contributed by atoms with E-state index in [-0.39, 0.29) is 5.91 Å². The maximum absolute atomic E-state index is 12.2. The SMILES string of the molecule is O=C(NCCOc1cccc(Cl)c1)c1cccc2[nH]ncc12. The average Bonchev–Trinajstić information content (AvgIpc) is 3.00. The molecule has 5 nitrogen and oxygen atoms in total. The van der Waals surface area contributed by atoms with Crippen molar-refractivity contribution in [2.45, 2.75) is 0 Å². The maximum Gasteiger partial charge on any atom is 0.252 e. The molecule has 2 aromatic carbocycles. The Balaban J connectivity index is 1.55. The third kappa shape index (κ3) is 3.20. The van der Waals surface area contributed by atoms with Crippen LogP contribution in [0.2, 0.25) is 5.02 Å². The van der Waals surface area contributed by atoms with Gasteiger partial charge in [-0.2, -0.15) is 5.10 Å². The Morgan fingerprint density at radius 1 is 1.27 bits per heavy atom.